The molecule has 1 saturated heterocycles. The second-order valence-corrected chi connectivity index (χ2v) is 10.3. The highest BCUT2D eigenvalue weighted by atomic mass is 32.2. The van der Waals surface area contributed by atoms with Gasteiger partial charge in [-0.15, -0.1) is 10.2 Å². The average molecular weight is 424 g/mol. The summed E-state index contributed by atoms with van der Waals surface area (Å²) in [5.74, 6) is 0.885. The third-order valence-electron chi connectivity index (χ3n) is 4.87. The van der Waals surface area contributed by atoms with Crippen molar-refractivity contribution in [3.05, 3.63) is 24.5 Å². The maximum atomic E-state index is 13.0. The molecule has 0 N–H and O–H groups in total. The first-order chi connectivity index (χ1) is 13.4. The summed E-state index contributed by atoms with van der Waals surface area (Å²) >= 11 is 1.35. The molecular weight excluding hydrogens is 398 g/mol. The van der Waals surface area contributed by atoms with Crippen molar-refractivity contribution in [2.45, 2.75) is 50.2 Å². The number of carbonyl (C=O) groups is 1. The first kappa shape index (κ1) is 20.8. The van der Waals surface area contributed by atoms with Crippen molar-refractivity contribution in [1.82, 2.24) is 24.6 Å². The van der Waals surface area contributed by atoms with Crippen molar-refractivity contribution in [3.63, 3.8) is 0 Å². The van der Waals surface area contributed by atoms with Gasteiger partial charge >= 0.3 is 0 Å². The maximum absolute atomic E-state index is 13.0. The van der Waals surface area contributed by atoms with E-state index in [1.54, 1.807) is 17.3 Å². The summed E-state index contributed by atoms with van der Waals surface area (Å²) < 4.78 is 25.6. The summed E-state index contributed by atoms with van der Waals surface area (Å²) in [6.07, 6.45) is 3.92. The number of carbonyl (C=O) groups excluding carboxylic acids is 1. The minimum absolute atomic E-state index is 0.0568. The molecule has 0 aliphatic carbocycles. The molecule has 1 aliphatic heterocycles. The van der Waals surface area contributed by atoms with Gasteiger partial charge in [-0.05, 0) is 39.3 Å². The van der Waals surface area contributed by atoms with Crippen LogP contribution in [0.15, 0.2) is 29.7 Å². The van der Waals surface area contributed by atoms with Crippen molar-refractivity contribution >= 4 is 27.5 Å². The SMILES string of the molecule is CCN(C(=O)[C@H](C)Sc1nnc(-c2ccncc2)n1CC)[C@H]1CCS(=O)(=O)C1. The molecule has 0 bridgehead atoms. The highest BCUT2D eigenvalue weighted by Crippen LogP contribution is 2.28. The second-order valence-electron chi connectivity index (χ2n) is 6.73. The van der Waals surface area contributed by atoms with Gasteiger partial charge in [0.15, 0.2) is 20.8 Å². The third-order valence-corrected chi connectivity index (χ3v) is 7.69. The van der Waals surface area contributed by atoms with E-state index in [9.17, 15) is 13.2 Å². The van der Waals surface area contributed by atoms with Gasteiger partial charge in [-0.2, -0.15) is 0 Å². The Kier molecular flexibility index (Phi) is 6.39. The minimum atomic E-state index is -3.04. The minimum Gasteiger partial charge on any atom is -0.338 e. The molecule has 3 rings (SSSR count). The fourth-order valence-electron chi connectivity index (χ4n) is 3.43. The Balaban J connectivity index is 1.76. The lowest BCUT2D eigenvalue weighted by molar-refractivity contribution is -0.131. The monoisotopic (exact) mass is 423 g/mol. The molecule has 2 aromatic heterocycles. The third kappa shape index (κ3) is 4.38. The van der Waals surface area contributed by atoms with E-state index in [1.165, 1.54) is 11.8 Å². The number of thioether (sulfide) groups is 1. The molecule has 0 saturated carbocycles. The topological polar surface area (TPSA) is 98.1 Å². The van der Waals surface area contributed by atoms with E-state index in [-0.39, 0.29) is 28.7 Å². The second kappa shape index (κ2) is 8.60. The Morgan fingerprint density at radius 2 is 2.04 bits per heavy atom. The van der Waals surface area contributed by atoms with Crippen LogP contribution < -0.4 is 0 Å². The molecule has 0 spiro atoms. The summed E-state index contributed by atoms with van der Waals surface area (Å²) in [7, 11) is -3.04. The maximum Gasteiger partial charge on any atom is 0.236 e. The van der Waals surface area contributed by atoms with Gasteiger partial charge in [-0.1, -0.05) is 11.8 Å². The fourth-order valence-corrected chi connectivity index (χ4v) is 6.15. The normalized spacial score (nSPS) is 19.5. The summed E-state index contributed by atoms with van der Waals surface area (Å²) in [5, 5.41) is 8.86. The number of hydrogen-bond acceptors (Lipinski definition) is 7. The van der Waals surface area contributed by atoms with E-state index in [0.29, 0.717) is 24.7 Å². The van der Waals surface area contributed by atoms with Crippen LogP contribution >= 0.6 is 11.8 Å². The predicted octanol–water partition coefficient (Wildman–Crippen LogP) is 1.88. The van der Waals surface area contributed by atoms with Crippen LogP contribution in [0.1, 0.15) is 27.2 Å². The molecule has 28 heavy (non-hydrogen) atoms. The Morgan fingerprint density at radius 1 is 1.32 bits per heavy atom. The van der Waals surface area contributed by atoms with Crippen LogP contribution in [0, 0.1) is 0 Å². The molecule has 0 unspecified atom stereocenters. The van der Waals surface area contributed by atoms with Crippen LogP contribution in [0.25, 0.3) is 11.4 Å². The van der Waals surface area contributed by atoms with Crippen molar-refractivity contribution in [1.29, 1.82) is 0 Å². The predicted molar refractivity (Wildman–Crippen MR) is 109 cm³/mol. The number of hydrogen-bond donors (Lipinski definition) is 0. The molecule has 3 heterocycles. The van der Waals surface area contributed by atoms with Gasteiger partial charge in [0.05, 0.1) is 16.8 Å². The highest BCUT2D eigenvalue weighted by molar-refractivity contribution is 8.00. The van der Waals surface area contributed by atoms with E-state index >= 15 is 0 Å². The lowest BCUT2D eigenvalue weighted by Gasteiger charge is -2.29. The van der Waals surface area contributed by atoms with Crippen LogP contribution in [-0.2, 0) is 21.2 Å². The molecule has 0 radical (unpaired) electrons. The zero-order valence-corrected chi connectivity index (χ0v) is 17.9. The number of nitrogens with zero attached hydrogens (tertiary/aromatic N) is 5. The lowest BCUT2D eigenvalue weighted by atomic mass is 10.2. The van der Waals surface area contributed by atoms with Gasteiger partial charge in [0.2, 0.25) is 5.91 Å². The summed E-state index contributed by atoms with van der Waals surface area (Å²) in [6.45, 7) is 6.89. The van der Waals surface area contributed by atoms with Crippen molar-refractivity contribution in [2.75, 3.05) is 18.1 Å². The molecule has 8 nitrogen and oxygen atoms in total. The number of sulfone groups is 1. The largest absolute Gasteiger partial charge is 0.338 e. The van der Waals surface area contributed by atoms with Gasteiger partial charge in [-0.25, -0.2) is 8.42 Å². The van der Waals surface area contributed by atoms with Gasteiger partial charge in [0.1, 0.15) is 0 Å². The van der Waals surface area contributed by atoms with Crippen LogP contribution in [0.5, 0.6) is 0 Å². The lowest BCUT2D eigenvalue weighted by Crippen LogP contribution is -2.44. The Hall–Kier alpha value is -1.94. The summed E-state index contributed by atoms with van der Waals surface area (Å²) in [4.78, 5) is 18.7. The standard InChI is InChI=1S/C18H25N5O3S2/c1-4-22(15-8-11-28(25,26)12-15)17(24)13(3)27-18-21-20-16(23(18)5-2)14-6-9-19-10-7-14/h6-7,9-10,13,15H,4-5,8,11-12H2,1-3H3/t13-,15-/m0/s1. The van der Waals surface area contributed by atoms with Gasteiger partial charge < -0.3 is 9.47 Å². The number of amides is 1. The molecule has 1 fully saturated rings. The smallest absolute Gasteiger partial charge is 0.236 e. The van der Waals surface area contributed by atoms with E-state index in [1.807, 2.05) is 37.5 Å². The molecule has 10 heteroatoms. The van der Waals surface area contributed by atoms with E-state index in [2.05, 4.69) is 15.2 Å². The molecule has 0 aromatic carbocycles. The van der Waals surface area contributed by atoms with Gasteiger partial charge in [-0.3, -0.25) is 9.78 Å². The van der Waals surface area contributed by atoms with E-state index < -0.39 is 9.84 Å². The molecule has 152 valence electrons. The first-order valence-corrected chi connectivity index (χ1v) is 12.1. The molecule has 1 amide bonds. The fraction of sp³-hybridized carbons (Fsp3) is 0.556. The zero-order chi connectivity index (χ0) is 20.3. The van der Waals surface area contributed by atoms with Gasteiger partial charge in [0.25, 0.3) is 0 Å². The Labute approximate surface area is 169 Å². The van der Waals surface area contributed by atoms with Crippen molar-refractivity contribution in [2.24, 2.45) is 0 Å². The Morgan fingerprint density at radius 3 is 2.61 bits per heavy atom. The number of rotatable bonds is 7. The van der Waals surface area contributed by atoms with Crippen LogP contribution in [-0.4, -0.2) is 68.3 Å². The number of pyridine rings is 1. The van der Waals surface area contributed by atoms with Crippen LogP contribution in [0.3, 0.4) is 0 Å². The van der Waals surface area contributed by atoms with Crippen LogP contribution in [0.4, 0.5) is 0 Å². The number of aromatic nitrogens is 4. The van der Waals surface area contributed by atoms with Crippen molar-refractivity contribution < 1.29 is 13.2 Å². The van der Waals surface area contributed by atoms with Crippen LogP contribution in [0.2, 0.25) is 0 Å². The quantitative estimate of drug-likeness (QED) is 0.627. The highest BCUT2D eigenvalue weighted by Gasteiger charge is 2.35. The van der Waals surface area contributed by atoms with E-state index in [0.717, 1.165) is 11.4 Å². The summed E-state index contributed by atoms with van der Waals surface area (Å²) in [6, 6.07) is 3.51. The summed E-state index contributed by atoms with van der Waals surface area (Å²) in [5.41, 5.74) is 0.918. The molecular formula is C18H25N5O3S2. The van der Waals surface area contributed by atoms with Gasteiger partial charge in [0, 0.05) is 37.1 Å². The first-order valence-electron chi connectivity index (χ1n) is 9.37. The Bertz CT molecular complexity index is 930. The molecule has 1 aliphatic rings. The molecule has 2 atom stereocenters. The van der Waals surface area contributed by atoms with Crippen molar-refractivity contribution in [3.8, 4) is 11.4 Å². The average Bonchev–Trinajstić information content (AvgIpc) is 3.25. The zero-order valence-electron chi connectivity index (χ0n) is 16.3. The molecule has 2 aromatic rings. The van der Waals surface area contributed by atoms with E-state index in [4.69, 9.17) is 0 Å².